The van der Waals surface area contributed by atoms with E-state index in [9.17, 15) is 4.79 Å². The standard InChI is InChI=1S/C26H34N2O3/c29-26(24-10-5-11-24)28(14-6-13-27-15-17-30-18-16-27)20-23-9-4-12-25(19-23)31-21-22-7-2-1-3-8-22/h1-4,7-9,12,19,24H,5-6,10-11,13-18,20-21H2. The topological polar surface area (TPSA) is 42.0 Å². The maximum absolute atomic E-state index is 13.1. The predicted octanol–water partition coefficient (Wildman–Crippen LogP) is 4.12. The Morgan fingerprint density at radius 1 is 1.03 bits per heavy atom. The second kappa shape index (κ2) is 11.3. The molecular formula is C26H34N2O3. The Bertz CT molecular complexity index is 816. The SMILES string of the molecule is O=C(C1CCC1)N(CCCN1CCOCC1)Cc1cccc(OCc2ccccc2)c1. The molecule has 1 amide bonds. The van der Waals surface area contributed by atoms with Crippen molar-refractivity contribution >= 4 is 5.91 Å². The monoisotopic (exact) mass is 422 g/mol. The Labute approximate surface area is 185 Å². The van der Waals surface area contributed by atoms with Gasteiger partial charge in [-0.3, -0.25) is 9.69 Å². The maximum atomic E-state index is 13.1. The second-order valence-electron chi connectivity index (χ2n) is 8.62. The number of rotatable bonds is 10. The van der Waals surface area contributed by atoms with E-state index in [1.54, 1.807) is 0 Å². The summed E-state index contributed by atoms with van der Waals surface area (Å²) in [6, 6.07) is 18.4. The van der Waals surface area contributed by atoms with Gasteiger partial charge in [-0.1, -0.05) is 48.9 Å². The van der Waals surface area contributed by atoms with Crippen molar-refractivity contribution in [2.24, 2.45) is 5.92 Å². The van der Waals surface area contributed by atoms with Gasteiger partial charge >= 0.3 is 0 Å². The van der Waals surface area contributed by atoms with Gasteiger partial charge in [0.15, 0.2) is 0 Å². The summed E-state index contributed by atoms with van der Waals surface area (Å²) in [5.41, 5.74) is 2.28. The minimum Gasteiger partial charge on any atom is -0.489 e. The van der Waals surface area contributed by atoms with E-state index in [0.717, 1.165) is 75.5 Å². The van der Waals surface area contributed by atoms with Crippen molar-refractivity contribution in [1.29, 1.82) is 0 Å². The second-order valence-corrected chi connectivity index (χ2v) is 8.62. The Morgan fingerprint density at radius 2 is 1.81 bits per heavy atom. The molecule has 4 rings (SSSR count). The average Bonchev–Trinajstić information content (AvgIpc) is 2.77. The van der Waals surface area contributed by atoms with Gasteiger partial charge in [-0.25, -0.2) is 0 Å². The molecule has 5 nitrogen and oxygen atoms in total. The van der Waals surface area contributed by atoms with Gasteiger partial charge in [0.25, 0.3) is 0 Å². The summed E-state index contributed by atoms with van der Waals surface area (Å²) in [5.74, 6) is 1.40. The zero-order valence-corrected chi connectivity index (χ0v) is 18.4. The molecule has 0 bridgehead atoms. The Kier molecular flexibility index (Phi) is 7.97. The lowest BCUT2D eigenvalue weighted by molar-refractivity contribution is -0.139. The van der Waals surface area contributed by atoms with Gasteiger partial charge in [-0.15, -0.1) is 0 Å². The molecule has 2 aromatic carbocycles. The van der Waals surface area contributed by atoms with Gasteiger partial charge in [0.05, 0.1) is 13.2 Å². The number of benzene rings is 2. The average molecular weight is 423 g/mol. The molecule has 2 aliphatic rings. The van der Waals surface area contributed by atoms with Crippen molar-refractivity contribution in [3.63, 3.8) is 0 Å². The van der Waals surface area contributed by atoms with Crippen LogP contribution < -0.4 is 4.74 Å². The zero-order valence-electron chi connectivity index (χ0n) is 18.4. The summed E-state index contributed by atoms with van der Waals surface area (Å²) in [7, 11) is 0. The molecule has 0 aromatic heterocycles. The summed E-state index contributed by atoms with van der Waals surface area (Å²) >= 11 is 0. The highest BCUT2D eigenvalue weighted by Crippen LogP contribution is 2.29. The van der Waals surface area contributed by atoms with E-state index in [0.29, 0.717) is 19.1 Å². The van der Waals surface area contributed by atoms with Gasteiger partial charge in [-0.2, -0.15) is 0 Å². The van der Waals surface area contributed by atoms with Crippen LogP contribution in [0.5, 0.6) is 5.75 Å². The molecule has 1 aliphatic carbocycles. The number of amides is 1. The van der Waals surface area contributed by atoms with Crippen molar-refractivity contribution < 1.29 is 14.3 Å². The van der Waals surface area contributed by atoms with Gasteiger partial charge in [0.2, 0.25) is 5.91 Å². The van der Waals surface area contributed by atoms with E-state index in [-0.39, 0.29) is 5.92 Å². The van der Waals surface area contributed by atoms with Crippen LogP contribution in [0.2, 0.25) is 0 Å². The van der Waals surface area contributed by atoms with Crippen LogP contribution in [0.4, 0.5) is 0 Å². The van der Waals surface area contributed by atoms with Gasteiger partial charge in [-0.05, 0) is 42.5 Å². The summed E-state index contributed by atoms with van der Waals surface area (Å²) < 4.78 is 11.4. The molecule has 5 heteroatoms. The van der Waals surface area contributed by atoms with E-state index in [1.807, 2.05) is 30.3 Å². The van der Waals surface area contributed by atoms with Crippen LogP contribution in [0.3, 0.4) is 0 Å². The fourth-order valence-electron chi connectivity index (χ4n) is 4.19. The van der Waals surface area contributed by atoms with Crippen LogP contribution in [-0.4, -0.2) is 55.1 Å². The first-order chi connectivity index (χ1) is 15.3. The number of hydrogen-bond acceptors (Lipinski definition) is 4. The van der Waals surface area contributed by atoms with Gasteiger partial charge in [0.1, 0.15) is 12.4 Å². The molecule has 31 heavy (non-hydrogen) atoms. The van der Waals surface area contributed by atoms with Crippen molar-refractivity contribution in [3.05, 3.63) is 65.7 Å². The molecule has 0 spiro atoms. The smallest absolute Gasteiger partial charge is 0.225 e. The highest BCUT2D eigenvalue weighted by atomic mass is 16.5. The summed E-state index contributed by atoms with van der Waals surface area (Å²) in [5, 5.41) is 0. The fraction of sp³-hybridized carbons (Fsp3) is 0.500. The molecule has 1 aliphatic heterocycles. The molecule has 1 saturated carbocycles. The van der Waals surface area contributed by atoms with E-state index in [1.165, 1.54) is 6.42 Å². The first-order valence-corrected chi connectivity index (χ1v) is 11.6. The molecule has 0 unspecified atom stereocenters. The molecular weight excluding hydrogens is 388 g/mol. The van der Waals surface area contributed by atoms with Crippen LogP contribution in [0, 0.1) is 5.92 Å². The Balaban J connectivity index is 1.34. The number of hydrogen-bond donors (Lipinski definition) is 0. The third-order valence-electron chi connectivity index (χ3n) is 6.29. The molecule has 0 radical (unpaired) electrons. The number of nitrogens with zero attached hydrogens (tertiary/aromatic N) is 2. The van der Waals surface area contributed by atoms with E-state index >= 15 is 0 Å². The van der Waals surface area contributed by atoms with Crippen LogP contribution in [0.1, 0.15) is 36.8 Å². The summed E-state index contributed by atoms with van der Waals surface area (Å²) in [6.45, 7) is 6.67. The largest absolute Gasteiger partial charge is 0.489 e. The molecule has 0 atom stereocenters. The van der Waals surface area contributed by atoms with Gasteiger partial charge < -0.3 is 14.4 Å². The Hall–Kier alpha value is -2.37. The van der Waals surface area contributed by atoms with Crippen molar-refractivity contribution in [1.82, 2.24) is 9.80 Å². The third kappa shape index (κ3) is 6.55. The first-order valence-electron chi connectivity index (χ1n) is 11.6. The zero-order chi connectivity index (χ0) is 21.3. The van der Waals surface area contributed by atoms with Crippen molar-refractivity contribution in [3.8, 4) is 5.75 Å². The van der Waals surface area contributed by atoms with Crippen LogP contribution in [-0.2, 0) is 22.7 Å². The molecule has 166 valence electrons. The van der Waals surface area contributed by atoms with Crippen LogP contribution in [0.25, 0.3) is 0 Å². The molecule has 0 N–H and O–H groups in total. The summed E-state index contributed by atoms with van der Waals surface area (Å²) in [6.07, 6.45) is 4.27. The maximum Gasteiger partial charge on any atom is 0.225 e. The molecule has 1 heterocycles. The van der Waals surface area contributed by atoms with E-state index < -0.39 is 0 Å². The normalized spacial score (nSPS) is 17.2. The van der Waals surface area contributed by atoms with Gasteiger partial charge in [0, 0.05) is 38.6 Å². The van der Waals surface area contributed by atoms with Crippen LogP contribution in [0.15, 0.2) is 54.6 Å². The molecule has 2 aromatic rings. The van der Waals surface area contributed by atoms with Crippen molar-refractivity contribution in [2.75, 3.05) is 39.4 Å². The minimum absolute atomic E-state index is 0.223. The quantitative estimate of drug-likeness (QED) is 0.578. The highest BCUT2D eigenvalue weighted by molar-refractivity contribution is 5.79. The number of carbonyl (C=O) groups excluding carboxylic acids is 1. The van der Waals surface area contributed by atoms with E-state index in [4.69, 9.17) is 9.47 Å². The van der Waals surface area contributed by atoms with E-state index in [2.05, 4.69) is 34.1 Å². The number of morpholine rings is 1. The first kappa shape index (κ1) is 21.8. The summed E-state index contributed by atoms with van der Waals surface area (Å²) in [4.78, 5) is 17.6. The Morgan fingerprint density at radius 3 is 2.55 bits per heavy atom. The fourth-order valence-corrected chi connectivity index (χ4v) is 4.19. The molecule has 2 fully saturated rings. The number of carbonyl (C=O) groups is 1. The number of ether oxygens (including phenoxy) is 2. The predicted molar refractivity (Wildman–Crippen MR) is 122 cm³/mol. The van der Waals surface area contributed by atoms with Crippen molar-refractivity contribution in [2.45, 2.75) is 38.8 Å². The third-order valence-corrected chi connectivity index (χ3v) is 6.29. The lowest BCUT2D eigenvalue weighted by Gasteiger charge is -2.33. The highest BCUT2D eigenvalue weighted by Gasteiger charge is 2.29. The lowest BCUT2D eigenvalue weighted by atomic mass is 9.84. The lowest BCUT2D eigenvalue weighted by Crippen LogP contribution is -2.41. The minimum atomic E-state index is 0.223. The molecule has 1 saturated heterocycles. The van der Waals surface area contributed by atoms with Crippen LogP contribution >= 0.6 is 0 Å².